The van der Waals surface area contributed by atoms with E-state index in [2.05, 4.69) is 22.2 Å². The number of amides is 1. The van der Waals surface area contributed by atoms with E-state index in [-0.39, 0.29) is 10.8 Å². The maximum absolute atomic E-state index is 12.8. The number of anilines is 1. The molecule has 1 amide bonds. The van der Waals surface area contributed by atoms with Crippen LogP contribution in [-0.2, 0) is 10.0 Å². The highest BCUT2D eigenvalue weighted by Crippen LogP contribution is 2.21. The lowest BCUT2D eigenvalue weighted by Crippen LogP contribution is -2.45. The molecule has 0 aliphatic carbocycles. The van der Waals surface area contributed by atoms with Crippen LogP contribution >= 0.6 is 0 Å². The van der Waals surface area contributed by atoms with E-state index in [1.165, 1.54) is 23.5 Å². The van der Waals surface area contributed by atoms with Crippen LogP contribution in [-0.4, -0.2) is 77.5 Å². The molecule has 2 aromatic rings. The second-order valence-corrected chi connectivity index (χ2v) is 9.56. The zero-order valence-corrected chi connectivity index (χ0v) is 18.4. The van der Waals surface area contributed by atoms with Crippen molar-refractivity contribution in [3.05, 3.63) is 60.2 Å². The molecule has 1 fully saturated rings. The largest absolute Gasteiger partial charge is 0.352 e. The quantitative estimate of drug-likeness (QED) is 0.648. The van der Waals surface area contributed by atoms with E-state index < -0.39 is 10.0 Å². The van der Waals surface area contributed by atoms with Crippen molar-refractivity contribution in [2.75, 3.05) is 57.7 Å². The minimum Gasteiger partial charge on any atom is -0.352 e. The summed E-state index contributed by atoms with van der Waals surface area (Å²) in [6, 6.07) is 15.0. The van der Waals surface area contributed by atoms with Gasteiger partial charge in [0.15, 0.2) is 0 Å². The van der Waals surface area contributed by atoms with Crippen LogP contribution in [0.15, 0.2) is 59.5 Å². The molecule has 0 atom stereocenters. The van der Waals surface area contributed by atoms with Crippen LogP contribution in [0.5, 0.6) is 0 Å². The maximum atomic E-state index is 12.8. The van der Waals surface area contributed by atoms with Gasteiger partial charge in [0, 0.05) is 45.3 Å². The summed E-state index contributed by atoms with van der Waals surface area (Å²) < 4.78 is 26.9. The molecule has 0 bridgehead atoms. The van der Waals surface area contributed by atoms with Gasteiger partial charge < -0.3 is 15.1 Å². The number of nitrogens with one attached hydrogen (secondary N) is 1. The molecule has 3 rings (SSSR count). The molecule has 1 N–H and O–H groups in total. The standard InChI is InChI=1S/C22H30N4O3S/c1-24-15-17-26(18-16-24)14-6-13-23-22(27)19-9-11-21(12-10-19)30(28,29)25(2)20-7-4-3-5-8-20/h3-5,7-12H,6,13-18H2,1-2H3,(H,23,27). The Bertz CT molecular complexity index is 925. The Morgan fingerprint density at radius 3 is 2.27 bits per heavy atom. The maximum Gasteiger partial charge on any atom is 0.264 e. The smallest absolute Gasteiger partial charge is 0.264 e. The topological polar surface area (TPSA) is 73.0 Å². The van der Waals surface area contributed by atoms with Gasteiger partial charge in [-0.15, -0.1) is 0 Å². The first-order valence-electron chi connectivity index (χ1n) is 10.2. The average molecular weight is 431 g/mol. The fourth-order valence-corrected chi connectivity index (χ4v) is 4.59. The van der Waals surface area contributed by atoms with E-state index in [0.29, 0.717) is 17.8 Å². The molecule has 1 heterocycles. The fourth-order valence-electron chi connectivity index (χ4n) is 3.39. The summed E-state index contributed by atoms with van der Waals surface area (Å²) in [5, 5.41) is 2.92. The molecule has 0 aromatic heterocycles. The van der Waals surface area contributed by atoms with Crippen LogP contribution in [0.4, 0.5) is 5.69 Å². The van der Waals surface area contributed by atoms with E-state index in [1.807, 2.05) is 6.07 Å². The van der Waals surface area contributed by atoms with Gasteiger partial charge in [0.05, 0.1) is 10.6 Å². The Kier molecular flexibility index (Phi) is 7.47. The first-order valence-corrected chi connectivity index (χ1v) is 11.6. The van der Waals surface area contributed by atoms with Crippen molar-refractivity contribution < 1.29 is 13.2 Å². The van der Waals surface area contributed by atoms with Crippen LogP contribution in [0.3, 0.4) is 0 Å². The Morgan fingerprint density at radius 2 is 1.63 bits per heavy atom. The number of hydrogen-bond acceptors (Lipinski definition) is 5. The average Bonchev–Trinajstić information content (AvgIpc) is 2.78. The minimum atomic E-state index is -3.68. The van der Waals surface area contributed by atoms with Crippen LogP contribution in [0, 0.1) is 0 Å². The Balaban J connectivity index is 1.51. The summed E-state index contributed by atoms with van der Waals surface area (Å²) in [5.74, 6) is -0.186. The van der Waals surface area contributed by atoms with Crippen molar-refractivity contribution in [2.45, 2.75) is 11.3 Å². The van der Waals surface area contributed by atoms with E-state index in [1.54, 1.807) is 36.4 Å². The Hall–Kier alpha value is -2.42. The highest BCUT2D eigenvalue weighted by Gasteiger charge is 2.21. The number of para-hydroxylation sites is 1. The van der Waals surface area contributed by atoms with Gasteiger partial charge in [0.1, 0.15) is 0 Å². The molecule has 0 unspecified atom stereocenters. The number of rotatable bonds is 8. The van der Waals surface area contributed by atoms with Crippen molar-refractivity contribution in [1.29, 1.82) is 0 Å². The zero-order chi connectivity index (χ0) is 21.6. The van der Waals surface area contributed by atoms with Gasteiger partial charge in [0.2, 0.25) is 0 Å². The van der Waals surface area contributed by atoms with Crippen LogP contribution in [0.1, 0.15) is 16.8 Å². The second kappa shape index (κ2) is 10.1. The number of carbonyl (C=O) groups is 1. The van der Waals surface area contributed by atoms with E-state index in [0.717, 1.165) is 39.1 Å². The minimum absolute atomic E-state index is 0.153. The van der Waals surface area contributed by atoms with Gasteiger partial charge in [-0.1, -0.05) is 18.2 Å². The first-order chi connectivity index (χ1) is 14.4. The lowest BCUT2D eigenvalue weighted by Gasteiger charge is -2.32. The number of benzene rings is 2. The van der Waals surface area contributed by atoms with E-state index in [4.69, 9.17) is 0 Å². The van der Waals surface area contributed by atoms with Crippen LogP contribution < -0.4 is 9.62 Å². The number of nitrogens with zero attached hydrogens (tertiary/aromatic N) is 3. The van der Waals surface area contributed by atoms with Crippen molar-refractivity contribution in [3.63, 3.8) is 0 Å². The summed E-state index contributed by atoms with van der Waals surface area (Å²) >= 11 is 0. The Labute approximate surface area is 179 Å². The molecular formula is C22H30N4O3S. The fraction of sp³-hybridized carbons (Fsp3) is 0.409. The van der Waals surface area contributed by atoms with Crippen molar-refractivity contribution in [1.82, 2.24) is 15.1 Å². The van der Waals surface area contributed by atoms with Gasteiger partial charge >= 0.3 is 0 Å². The second-order valence-electron chi connectivity index (χ2n) is 7.59. The molecule has 30 heavy (non-hydrogen) atoms. The molecule has 1 aliphatic heterocycles. The van der Waals surface area contributed by atoms with E-state index >= 15 is 0 Å². The summed E-state index contributed by atoms with van der Waals surface area (Å²) in [6.07, 6.45) is 0.893. The molecule has 1 saturated heterocycles. The lowest BCUT2D eigenvalue weighted by atomic mass is 10.2. The van der Waals surface area contributed by atoms with Gasteiger partial charge in [-0.05, 0) is 56.4 Å². The monoisotopic (exact) mass is 430 g/mol. The summed E-state index contributed by atoms with van der Waals surface area (Å²) in [6.45, 7) is 5.87. The third kappa shape index (κ3) is 5.59. The van der Waals surface area contributed by atoms with Gasteiger partial charge in [-0.2, -0.15) is 0 Å². The summed E-state index contributed by atoms with van der Waals surface area (Å²) in [4.78, 5) is 17.2. The number of sulfonamides is 1. The molecule has 0 radical (unpaired) electrons. The number of likely N-dealkylation sites (N-methyl/N-ethyl adjacent to an activating group) is 1. The lowest BCUT2D eigenvalue weighted by molar-refractivity contribution is 0.0949. The molecule has 2 aromatic carbocycles. The molecule has 0 saturated carbocycles. The zero-order valence-electron chi connectivity index (χ0n) is 17.6. The summed E-state index contributed by atoms with van der Waals surface area (Å²) in [5.41, 5.74) is 1.04. The van der Waals surface area contributed by atoms with Gasteiger partial charge in [0.25, 0.3) is 15.9 Å². The van der Waals surface area contributed by atoms with Crippen molar-refractivity contribution in [3.8, 4) is 0 Å². The van der Waals surface area contributed by atoms with Crippen LogP contribution in [0.25, 0.3) is 0 Å². The molecule has 162 valence electrons. The molecule has 8 heteroatoms. The SMILES string of the molecule is CN1CCN(CCCNC(=O)c2ccc(S(=O)(=O)N(C)c3ccccc3)cc2)CC1. The summed E-state index contributed by atoms with van der Waals surface area (Å²) in [7, 11) is -0.0269. The third-order valence-corrected chi connectivity index (χ3v) is 7.23. The highest BCUT2D eigenvalue weighted by atomic mass is 32.2. The number of piperazine rings is 1. The predicted octanol–water partition coefficient (Wildman–Crippen LogP) is 1.88. The number of hydrogen-bond donors (Lipinski definition) is 1. The normalized spacial score (nSPS) is 15.7. The van der Waals surface area contributed by atoms with Crippen molar-refractivity contribution in [2.24, 2.45) is 0 Å². The molecular weight excluding hydrogens is 400 g/mol. The van der Waals surface area contributed by atoms with E-state index in [9.17, 15) is 13.2 Å². The first kappa shape index (κ1) is 22.3. The molecule has 7 nitrogen and oxygen atoms in total. The molecule has 1 aliphatic rings. The van der Waals surface area contributed by atoms with Crippen LogP contribution in [0.2, 0.25) is 0 Å². The highest BCUT2D eigenvalue weighted by molar-refractivity contribution is 7.92. The Morgan fingerprint density at radius 1 is 1.00 bits per heavy atom. The van der Waals surface area contributed by atoms with Crippen molar-refractivity contribution >= 4 is 21.6 Å². The third-order valence-electron chi connectivity index (χ3n) is 5.43. The van der Waals surface area contributed by atoms with Gasteiger partial charge in [-0.3, -0.25) is 9.10 Å². The number of carbonyl (C=O) groups excluding carboxylic acids is 1. The molecule has 0 spiro atoms. The van der Waals surface area contributed by atoms with Gasteiger partial charge in [-0.25, -0.2) is 8.42 Å². The predicted molar refractivity (Wildman–Crippen MR) is 119 cm³/mol.